The number of aromatic nitrogens is 1. The monoisotopic (exact) mass is 862 g/mol. The van der Waals surface area contributed by atoms with Crippen LogP contribution in [0, 0.1) is 47.6 Å². The third-order valence-corrected chi connectivity index (χ3v) is 8.94. The first kappa shape index (κ1) is 39.8. The molecule has 6 aromatic rings. The Hall–Kier alpha value is -5.03. The maximum Gasteiger partial charge on any atom is 0.192 e. The van der Waals surface area contributed by atoms with Crippen molar-refractivity contribution in [2.24, 2.45) is 0 Å². The fourth-order valence-electron chi connectivity index (χ4n) is 7.15. The van der Waals surface area contributed by atoms with Gasteiger partial charge in [0, 0.05) is 49.4 Å². The van der Waals surface area contributed by atoms with Crippen LogP contribution in [0.3, 0.4) is 0 Å². The van der Waals surface area contributed by atoms with Crippen LogP contribution >= 0.6 is 0 Å². The predicted molar refractivity (Wildman–Crippen MR) is 216 cm³/mol. The minimum Gasteiger partial charge on any atom is -0.512 e. The normalized spacial score (nSPS) is 10.8. The topological polar surface area (TPSA) is 53.4 Å². The first-order valence-electron chi connectivity index (χ1n) is 17.3. The molecule has 52 heavy (non-hydrogen) atoms. The van der Waals surface area contributed by atoms with Crippen molar-refractivity contribution in [1.82, 2.24) is 4.98 Å². The summed E-state index contributed by atoms with van der Waals surface area (Å²) in [6.07, 6.45) is 3.06. The molecule has 1 aromatic heterocycles. The number of nitrogens with zero attached hydrogens (tertiary/aromatic N) is 2. The summed E-state index contributed by atoms with van der Waals surface area (Å²) in [6, 6.07) is 44.7. The van der Waals surface area contributed by atoms with Gasteiger partial charge in [0.05, 0.1) is 5.76 Å². The third-order valence-electron chi connectivity index (χ3n) is 8.94. The number of carbonyl (C=O) groups is 1. The number of ketones is 1. The van der Waals surface area contributed by atoms with Gasteiger partial charge in [0.1, 0.15) is 0 Å². The number of anilines is 3. The minimum absolute atomic E-state index is 0. The van der Waals surface area contributed by atoms with Crippen LogP contribution in [0.1, 0.15) is 47.2 Å². The Morgan fingerprint density at radius 2 is 1.15 bits per heavy atom. The first-order chi connectivity index (χ1) is 24.4. The number of aliphatic hydroxyl groups excluding tert-OH is 1. The van der Waals surface area contributed by atoms with Crippen LogP contribution in [0.25, 0.3) is 11.3 Å². The summed E-state index contributed by atoms with van der Waals surface area (Å²) in [4.78, 5) is 17.1. The van der Waals surface area contributed by atoms with Crippen molar-refractivity contribution in [1.29, 1.82) is 0 Å². The number of pyridine rings is 1. The number of rotatable bonds is 8. The Kier molecular flexibility index (Phi) is 13.7. The van der Waals surface area contributed by atoms with Crippen molar-refractivity contribution in [3.63, 3.8) is 0 Å². The zero-order chi connectivity index (χ0) is 36.7. The van der Waals surface area contributed by atoms with Gasteiger partial charge in [-0.15, -0.1) is 35.3 Å². The first-order valence-corrected chi connectivity index (χ1v) is 17.3. The number of hydrogen-bond donors (Lipinski definition) is 1. The average molecular weight is 862 g/mol. The number of hydrogen-bond acceptors (Lipinski definition) is 4. The second-order valence-electron chi connectivity index (χ2n) is 13.4. The zero-order valence-electron chi connectivity index (χ0n) is 31.3. The smallest absolute Gasteiger partial charge is 0.192 e. The van der Waals surface area contributed by atoms with E-state index in [9.17, 15) is 4.79 Å². The molecule has 0 unspecified atom stereocenters. The summed E-state index contributed by atoms with van der Waals surface area (Å²) in [5, 5.41) is 8.36. The van der Waals surface area contributed by atoms with Gasteiger partial charge in [-0.3, -0.25) is 4.79 Å². The molecule has 0 amide bonds. The van der Waals surface area contributed by atoms with Crippen LogP contribution in [0.5, 0.6) is 0 Å². The molecule has 0 spiro atoms. The molecule has 0 fully saturated rings. The van der Waals surface area contributed by atoms with Gasteiger partial charge in [-0.05, 0) is 91.4 Å². The second kappa shape index (κ2) is 18.0. The summed E-state index contributed by atoms with van der Waals surface area (Å²) in [5.74, 6) is -0.0625. The molecule has 6 heteroatoms. The van der Waals surface area contributed by atoms with Crippen molar-refractivity contribution in [2.75, 3.05) is 4.90 Å². The number of carbonyl (C=O) groups excluding carboxylic acids is 1. The summed E-state index contributed by atoms with van der Waals surface area (Å²) < 4.78 is 0. The van der Waals surface area contributed by atoms with Gasteiger partial charge in [0.2, 0.25) is 0 Å². The van der Waals surface area contributed by atoms with Crippen molar-refractivity contribution < 1.29 is 30.0 Å². The molecule has 1 heterocycles. The standard InChI is InChI=1S/C41H38BN2.C5H8O2.Ir/c1-28-23-30(3)40(31(4)24-28)42(41-32(5)25-29(2)26-33(41)6)35-19-17-34(18-20-35)39-27-38(21-22-43-39)44(36-13-9-7-10-14-36)37-15-11-8-12-16-37;1-4(6)3-5(2)7;/h7-17,19-27H,1-6H3;3,6H,1-2H3;/q-1;;/b;4-3-;. The molecule has 1 N–H and O–H groups in total. The van der Waals surface area contributed by atoms with Crippen LogP contribution in [0.2, 0.25) is 0 Å². The Morgan fingerprint density at radius 1 is 0.673 bits per heavy atom. The average Bonchev–Trinajstić information content (AvgIpc) is 3.08. The minimum atomic E-state index is -0.125. The second-order valence-corrected chi connectivity index (χ2v) is 13.4. The number of para-hydroxylation sites is 2. The number of benzene rings is 5. The fourth-order valence-corrected chi connectivity index (χ4v) is 7.15. The van der Waals surface area contributed by atoms with Crippen molar-refractivity contribution in [3.05, 3.63) is 173 Å². The van der Waals surface area contributed by atoms with Gasteiger partial charge in [-0.2, -0.15) is 0 Å². The van der Waals surface area contributed by atoms with Crippen LogP contribution in [0.15, 0.2) is 133 Å². The quantitative estimate of drug-likeness (QED) is 0.0718. The van der Waals surface area contributed by atoms with E-state index in [0.29, 0.717) is 0 Å². The van der Waals surface area contributed by atoms with E-state index in [4.69, 9.17) is 10.1 Å². The van der Waals surface area contributed by atoms with E-state index in [0.717, 1.165) is 28.3 Å². The molecular formula is C46H46BIrN2O2-. The summed E-state index contributed by atoms with van der Waals surface area (Å²) in [7, 11) is 0. The summed E-state index contributed by atoms with van der Waals surface area (Å²) >= 11 is 0. The van der Waals surface area contributed by atoms with Crippen molar-refractivity contribution in [2.45, 2.75) is 55.4 Å². The molecular weight excluding hydrogens is 816 g/mol. The maximum atomic E-state index is 10.0. The van der Waals surface area contributed by atoms with E-state index in [-0.39, 0.29) is 38.4 Å². The van der Waals surface area contributed by atoms with Crippen molar-refractivity contribution >= 4 is 45.9 Å². The van der Waals surface area contributed by atoms with Crippen LogP contribution < -0.4 is 21.3 Å². The molecule has 5 aromatic carbocycles. The maximum absolute atomic E-state index is 10.0. The van der Waals surface area contributed by atoms with Crippen LogP contribution in [0.4, 0.5) is 17.1 Å². The molecule has 0 saturated heterocycles. The molecule has 265 valence electrons. The van der Waals surface area contributed by atoms with E-state index in [1.807, 2.05) is 18.3 Å². The number of allylic oxidation sites excluding steroid dienone is 2. The van der Waals surface area contributed by atoms with E-state index in [1.165, 1.54) is 69.7 Å². The Labute approximate surface area is 323 Å². The zero-order valence-corrected chi connectivity index (χ0v) is 33.7. The molecule has 6 rings (SSSR count). The van der Waals surface area contributed by atoms with E-state index >= 15 is 0 Å². The molecule has 1 radical (unpaired) electrons. The Bertz CT molecular complexity index is 2020. The predicted octanol–water partition coefficient (Wildman–Crippen LogP) is 9.42. The molecule has 0 aliphatic carbocycles. The summed E-state index contributed by atoms with van der Waals surface area (Å²) in [5.41, 5.74) is 17.0. The molecule has 4 nitrogen and oxygen atoms in total. The Morgan fingerprint density at radius 3 is 1.54 bits per heavy atom. The molecule has 0 aliphatic rings. The van der Waals surface area contributed by atoms with Crippen molar-refractivity contribution in [3.8, 4) is 11.3 Å². The molecule has 0 aliphatic heterocycles. The third kappa shape index (κ3) is 9.64. The number of aryl methyl sites for hydroxylation is 6. The van der Waals surface area contributed by atoms with Gasteiger partial charge < -0.3 is 15.0 Å². The van der Waals surface area contributed by atoms with Crippen LogP contribution in [-0.4, -0.2) is 22.6 Å². The van der Waals surface area contributed by atoms with Gasteiger partial charge in [0.25, 0.3) is 0 Å². The SMILES string of the molecule is CC(=O)/C=C(/C)O.Cc1cc(C)c(B(c2c[c-]c(-c3cc(N(c4ccccc4)c4ccccc4)ccn3)cc2)c2c(C)cc(C)cc2C)c(C)c1.[Ir]. The van der Waals surface area contributed by atoms with E-state index in [1.54, 1.807) is 0 Å². The molecule has 0 saturated carbocycles. The van der Waals surface area contributed by atoms with E-state index < -0.39 is 0 Å². The van der Waals surface area contributed by atoms with Gasteiger partial charge in [-0.25, -0.2) is 0 Å². The van der Waals surface area contributed by atoms with E-state index in [2.05, 4.69) is 156 Å². The van der Waals surface area contributed by atoms with Gasteiger partial charge in [0.15, 0.2) is 12.5 Å². The van der Waals surface area contributed by atoms with Gasteiger partial charge >= 0.3 is 0 Å². The van der Waals surface area contributed by atoms with Crippen LogP contribution in [-0.2, 0) is 24.9 Å². The Balaban J connectivity index is 0.000000688. The fraction of sp³-hybridized carbons (Fsp3) is 0.174. The molecule has 0 bridgehead atoms. The number of aliphatic hydroxyl groups is 1. The summed E-state index contributed by atoms with van der Waals surface area (Å²) in [6.45, 7) is 16.3. The van der Waals surface area contributed by atoms with Gasteiger partial charge in [-0.1, -0.05) is 111 Å². The largest absolute Gasteiger partial charge is 0.512 e. The molecule has 0 atom stereocenters.